The molecular formula is C21H22N4O3. The number of pyridine rings is 1. The van der Waals surface area contributed by atoms with Gasteiger partial charge in [0.05, 0.1) is 29.1 Å². The molecule has 7 heteroatoms. The number of hydrogen-bond donors (Lipinski definition) is 1. The Balaban J connectivity index is 1.54. The number of fused-ring (bicyclic) bond motifs is 1. The van der Waals surface area contributed by atoms with Gasteiger partial charge in [0.15, 0.2) is 12.5 Å². The van der Waals surface area contributed by atoms with Gasteiger partial charge in [-0.15, -0.1) is 0 Å². The third-order valence-corrected chi connectivity index (χ3v) is 4.97. The number of rotatable bonds is 4. The molecular weight excluding hydrogens is 356 g/mol. The van der Waals surface area contributed by atoms with Crippen molar-refractivity contribution in [3.63, 3.8) is 0 Å². The van der Waals surface area contributed by atoms with E-state index in [1.54, 1.807) is 35.4 Å². The van der Waals surface area contributed by atoms with Crippen molar-refractivity contribution in [3.05, 3.63) is 47.7 Å². The fraction of sp³-hybridized carbons (Fsp3) is 0.381. The van der Waals surface area contributed by atoms with Crippen LogP contribution in [0.15, 0.2) is 36.5 Å². The van der Waals surface area contributed by atoms with E-state index in [0.717, 1.165) is 5.56 Å². The van der Waals surface area contributed by atoms with Gasteiger partial charge in [-0.2, -0.15) is 5.26 Å². The number of piperazine rings is 1. The van der Waals surface area contributed by atoms with Crippen molar-refractivity contribution >= 4 is 11.6 Å². The molecule has 7 nitrogen and oxygen atoms in total. The Morgan fingerprint density at radius 1 is 1.32 bits per heavy atom. The van der Waals surface area contributed by atoms with Gasteiger partial charge in [0.2, 0.25) is 11.8 Å². The van der Waals surface area contributed by atoms with Crippen LogP contribution in [-0.2, 0) is 9.53 Å². The molecule has 144 valence electrons. The van der Waals surface area contributed by atoms with Crippen LogP contribution in [-0.4, -0.2) is 28.9 Å². The highest BCUT2D eigenvalue weighted by Gasteiger charge is 2.56. The Morgan fingerprint density at radius 2 is 2.11 bits per heavy atom. The van der Waals surface area contributed by atoms with E-state index >= 15 is 0 Å². The molecule has 4 rings (SSSR count). The third kappa shape index (κ3) is 3.21. The second-order valence-electron chi connectivity index (χ2n) is 7.86. The molecule has 2 aliphatic rings. The number of epoxide rings is 1. The lowest BCUT2D eigenvalue weighted by molar-refractivity contribution is -0.125. The van der Waals surface area contributed by atoms with E-state index in [2.05, 4.69) is 16.4 Å². The quantitative estimate of drug-likeness (QED) is 0.821. The van der Waals surface area contributed by atoms with Crippen LogP contribution < -0.4 is 15.0 Å². The lowest BCUT2D eigenvalue weighted by Crippen LogP contribution is -2.61. The fourth-order valence-corrected chi connectivity index (χ4v) is 3.38. The van der Waals surface area contributed by atoms with Gasteiger partial charge in [-0.05, 0) is 49.6 Å². The Bertz CT molecular complexity index is 963. The molecule has 2 aliphatic heterocycles. The summed E-state index contributed by atoms with van der Waals surface area (Å²) in [4.78, 5) is 18.7. The first-order valence-corrected chi connectivity index (χ1v) is 9.25. The van der Waals surface area contributed by atoms with E-state index in [-0.39, 0.29) is 24.3 Å². The minimum Gasteiger partial charge on any atom is -0.439 e. The third-order valence-electron chi connectivity index (χ3n) is 4.97. The summed E-state index contributed by atoms with van der Waals surface area (Å²) in [5, 5.41) is 12.4. The topological polar surface area (TPSA) is 90.8 Å². The van der Waals surface area contributed by atoms with Crippen molar-refractivity contribution in [1.82, 2.24) is 10.3 Å². The van der Waals surface area contributed by atoms with Gasteiger partial charge < -0.3 is 9.47 Å². The van der Waals surface area contributed by atoms with E-state index in [0.29, 0.717) is 22.9 Å². The van der Waals surface area contributed by atoms with E-state index in [1.165, 1.54) is 0 Å². The monoisotopic (exact) mass is 378 g/mol. The maximum Gasteiger partial charge on any atom is 0.249 e. The molecule has 2 saturated heterocycles. The first kappa shape index (κ1) is 18.4. The number of benzene rings is 1. The molecule has 2 fully saturated rings. The van der Waals surface area contributed by atoms with Gasteiger partial charge in [-0.25, -0.2) is 4.98 Å². The van der Waals surface area contributed by atoms with Crippen LogP contribution in [0.4, 0.5) is 5.69 Å². The van der Waals surface area contributed by atoms with Gasteiger partial charge in [-0.3, -0.25) is 15.0 Å². The highest BCUT2D eigenvalue weighted by molar-refractivity contribution is 6.01. The summed E-state index contributed by atoms with van der Waals surface area (Å²) in [6, 6.07) is 11.1. The van der Waals surface area contributed by atoms with Gasteiger partial charge in [0.25, 0.3) is 0 Å². The van der Waals surface area contributed by atoms with Crippen LogP contribution in [0.2, 0.25) is 0 Å². The number of nitriles is 1. The zero-order valence-electron chi connectivity index (χ0n) is 16.3. The number of nitrogens with one attached hydrogen (secondary N) is 1. The second kappa shape index (κ2) is 6.59. The molecule has 28 heavy (non-hydrogen) atoms. The normalized spacial score (nSPS) is 22.6. The molecule has 0 bridgehead atoms. The summed E-state index contributed by atoms with van der Waals surface area (Å²) in [5.74, 6) is 1.18. The number of anilines is 1. The van der Waals surface area contributed by atoms with E-state index < -0.39 is 5.54 Å². The summed E-state index contributed by atoms with van der Waals surface area (Å²) in [6.07, 6.45) is 1.18. The highest BCUT2D eigenvalue weighted by atomic mass is 16.6. The van der Waals surface area contributed by atoms with Gasteiger partial charge >= 0.3 is 0 Å². The smallest absolute Gasteiger partial charge is 0.249 e. The number of hydrogen-bond acceptors (Lipinski definition) is 6. The predicted molar refractivity (Wildman–Crippen MR) is 103 cm³/mol. The van der Waals surface area contributed by atoms with Crippen LogP contribution in [0.1, 0.15) is 44.7 Å². The molecule has 0 spiro atoms. The minimum atomic E-state index is -0.692. The molecule has 0 saturated carbocycles. The van der Waals surface area contributed by atoms with Crippen LogP contribution in [0.5, 0.6) is 11.6 Å². The average Bonchev–Trinajstić information content (AvgIpc) is 3.41. The predicted octanol–water partition coefficient (Wildman–Crippen LogP) is 3.27. The van der Waals surface area contributed by atoms with E-state index in [4.69, 9.17) is 9.47 Å². The number of carbonyl (C=O) groups is 1. The molecule has 1 amide bonds. The number of aromatic nitrogens is 1. The summed E-state index contributed by atoms with van der Waals surface area (Å²) < 4.78 is 11.4. The second-order valence-corrected chi connectivity index (χ2v) is 7.86. The zero-order valence-corrected chi connectivity index (χ0v) is 16.3. The Hall–Kier alpha value is -2.95. The van der Waals surface area contributed by atoms with Gasteiger partial charge in [-0.1, -0.05) is 13.8 Å². The Labute approximate surface area is 163 Å². The SMILES string of the molecule is CC(C)c1cc(Oc2ccc(N3C(=O)C(C)(C)N[C@H]4O[C@H]43)cn2)ccc1C#N. The molecule has 2 aromatic rings. The van der Waals surface area contributed by atoms with Gasteiger partial charge in [0.1, 0.15) is 5.75 Å². The number of carbonyl (C=O) groups excluding carboxylic acids is 1. The fourth-order valence-electron chi connectivity index (χ4n) is 3.38. The highest BCUT2D eigenvalue weighted by Crippen LogP contribution is 2.37. The summed E-state index contributed by atoms with van der Waals surface area (Å²) >= 11 is 0. The van der Waals surface area contributed by atoms with Crippen molar-refractivity contribution in [2.45, 2.75) is 51.6 Å². The van der Waals surface area contributed by atoms with Crippen LogP contribution >= 0.6 is 0 Å². The van der Waals surface area contributed by atoms with E-state index in [9.17, 15) is 10.1 Å². The van der Waals surface area contributed by atoms with Crippen molar-refractivity contribution in [2.24, 2.45) is 0 Å². The molecule has 1 aromatic carbocycles. The zero-order chi connectivity index (χ0) is 20.1. The Kier molecular flexibility index (Phi) is 4.33. The first-order chi connectivity index (χ1) is 13.3. The Morgan fingerprint density at radius 3 is 2.75 bits per heavy atom. The van der Waals surface area contributed by atoms with Gasteiger partial charge in [0, 0.05) is 6.07 Å². The maximum atomic E-state index is 12.7. The van der Waals surface area contributed by atoms with Crippen LogP contribution in [0.3, 0.4) is 0 Å². The lowest BCUT2D eigenvalue weighted by atomic mass is 9.98. The number of ether oxygens (including phenoxy) is 2. The summed E-state index contributed by atoms with van der Waals surface area (Å²) in [6.45, 7) is 7.74. The van der Waals surface area contributed by atoms with Crippen molar-refractivity contribution in [2.75, 3.05) is 4.90 Å². The van der Waals surface area contributed by atoms with Crippen molar-refractivity contribution in [1.29, 1.82) is 5.26 Å². The van der Waals surface area contributed by atoms with Crippen molar-refractivity contribution < 1.29 is 14.3 Å². The van der Waals surface area contributed by atoms with Crippen LogP contribution in [0.25, 0.3) is 0 Å². The largest absolute Gasteiger partial charge is 0.439 e. The summed E-state index contributed by atoms with van der Waals surface area (Å²) in [5.41, 5.74) is 1.55. The maximum absolute atomic E-state index is 12.7. The number of amides is 1. The molecule has 3 heterocycles. The molecule has 0 unspecified atom stereocenters. The summed E-state index contributed by atoms with van der Waals surface area (Å²) in [7, 11) is 0. The molecule has 1 N–H and O–H groups in total. The minimum absolute atomic E-state index is 0.0598. The lowest BCUT2D eigenvalue weighted by Gasteiger charge is -2.34. The average molecular weight is 378 g/mol. The first-order valence-electron chi connectivity index (χ1n) is 9.25. The molecule has 0 radical (unpaired) electrons. The van der Waals surface area contributed by atoms with E-state index in [1.807, 2.05) is 33.8 Å². The molecule has 1 aromatic heterocycles. The molecule has 2 atom stereocenters. The number of nitrogens with zero attached hydrogens (tertiary/aromatic N) is 3. The van der Waals surface area contributed by atoms with Crippen molar-refractivity contribution in [3.8, 4) is 17.7 Å². The van der Waals surface area contributed by atoms with Crippen LogP contribution in [0, 0.1) is 11.3 Å². The molecule has 0 aliphatic carbocycles. The standard InChI is InChI=1S/C21H22N4O3/c1-12(2)16-9-15(7-5-13(16)10-22)27-17-8-6-14(11-23-17)25-19-18(28-19)24-21(3,4)20(25)26/h5-9,11-12,18-19,24H,1-4H3/t18-,19+/m0/s1.